The molecule has 0 aliphatic rings. The first-order valence-electron chi connectivity index (χ1n) is 8.51. The highest BCUT2D eigenvalue weighted by Gasteiger charge is 2.29. The van der Waals surface area contributed by atoms with Gasteiger partial charge in [-0.15, -0.1) is 0 Å². The average Bonchev–Trinajstić information content (AvgIpc) is 2.42. The van der Waals surface area contributed by atoms with Crippen molar-refractivity contribution in [2.75, 3.05) is 38.1 Å². The molecule has 3 nitrogen and oxygen atoms in total. The molecule has 0 bridgehead atoms. The minimum absolute atomic E-state index is 0.0722. The van der Waals surface area contributed by atoms with Gasteiger partial charge in [0.05, 0.1) is 5.69 Å². The summed E-state index contributed by atoms with van der Waals surface area (Å²) in [5, 5.41) is 0. The predicted octanol–water partition coefficient (Wildman–Crippen LogP) is 3.90. The van der Waals surface area contributed by atoms with Crippen molar-refractivity contribution >= 4 is 17.9 Å². The van der Waals surface area contributed by atoms with Crippen molar-refractivity contribution in [2.45, 2.75) is 59.3 Å². The third kappa shape index (κ3) is 4.63. The molecule has 0 unspecified atom stereocenters. The molecule has 0 saturated carbocycles. The Bertz CT molecular complexity index is 532. The average molecular weight is 325 g/mol. The molecule has 0 spiro atoms. The number of nitrogens with zero attached hydrogens (tertiary/aromatic N) is 2. The van der Waals surface area contributed by atoms with Gasteiger partial charge in [0, 0.05) is 19.2 Å². The number of hydrogen-bond acceptors (Lipinski definition) is 4. The van der Waals surface area contributed by atoms with Gasteiger partial charge in [-0.3, -0.25) is 4.79 Å². The molecule has 0 amide bonds. The summed E-state index contributed by atoms with van der Waals surface area (Å²) in [5.41, 5.74) is 1.85. The first kappa shape index (κ1) is 19.3. The van der Waals surface area contributed by atoms with Crippen molar-refractivity contribution in [3.8, 4) is 0 Å². The second kappa shape index (κ2) is 8.21. The molecule has 4 heteroatoms. The summed E-state index contributed by atoms with van der Waals surface area (Å²) in [6, 6.07) is 0. The Balaban J connectivity index is 2.64. The van der Waals surface area contributed by atoms with Gasteiger partial charge in [0.25, 0.3) is 0 Å². The molecule has 1 aromatic rings. The van der Waals surface area contributed by atoms with Gasteiger partial charge in [0.1, 0.15) is 4.51 Å². The van der Waals surface area contributed by atoms with Crippen LogP contribution in [0, 0.1) is 4.51 Å². The van der Waals surface area contributed by atoms with E-state index < -0.39 is 0 Å². The second-order valence-electron chi connectivity index (χ2n) is 7.25. The summed E-state index contributed by atoms with van der Waals surface area (Å²) < 4.78 is 0.520. The lowest BCUT2D eigenvalue weighted by Crippen LogP contribution is -2.36. The van der Waals surface area contributed by atoms with E-state index in [1.807, 2.05) is 0 Å². The topological polar surface area (TPSA) is 23.6 Å². The second-order valence-corrected chi connectivity index (χ2v) is 7.66. The molecule has 0 aliphatic carbocycles. The van der Waals surface area contributed by atoms with Gasteiger partial charge in [-0.25, -0.2) is 0 Å². The van der Waals surface area contributed by atoms with Crippen molar-refractivity contribution in [3.63, 3.8) is 0 Å². The van der Waals surface area contributed by atoms with E-state index in [9.17, 15) is 4.79 Å². The third-order valence-corrected chi connectivity index (χ3v) is 4.44. The Morgan fingerprint density at radius 1 is 1.00 bits per heavy atom. The fraction of sp³-hybridized carbons (Fsp3) is 0.778. The molecular formula is C18H32N2OS. The molecule has 0 N–H and O–H groups in total. The van der Waals surface area contributed by atoms with Crippen molar-refractivity contribution < 1.29 is 0 Å². The van der Waals surface area contributed by atoms with E-state index in [1.54, 1.807) is 0 Å². The Morgan fingerprint density at radius 2 is 1.55 bits per heavy atom. The fourth-order valence-electron chi connectivity index (χ4n) is 3.05. The Morgan fingerprint density at radius 3 is 2.00 bits per heavy atom. The minimum Gasteiger partial charge on any atom is -0.373 e. The van der Waals surface area contributed by atoms with Crippen LogP contribution in [0.5, 0.6) is 0 Å². The molecule has 0 atom stereocenters. The van der Waals surface area contributed by atoms with Gasteiger partial charge in [0.2, 0.25) is 5.43 Å². The predicted molar refractivity (Wildman–Crippen MR) is 99.5 cm³/mol. The summed E-state index contributed by atoms with van der Waals surface area (Å²) >= 11 is 5.28. The summed E-state index contributed by atoms with van der Waals surface area (Å²) in [6.07, 6.45) is 3.51. The lowest BCUT2D eigenvalue weighted by Gasteiger charge is -2.31. The molecule has 1 rings (SSSR count). The minimum atomic E-state index is -0.126. The van der Waals surface area contributed by atoms with Gasteiger partial charge in [-0.1, -0.05) is 46.8 Å². The van der Waals surface area contributed by atoms with Crippen LogP contribution in [0.25, 0.3) is 0 Å². The highest BCUT2D eigenvalue weighted by molar-refractivity contribution is 7.71. The van der Waals surface area contributed by atoms with Crippen LogP contribution in [-0.4, -0.2) is 38.1 Å². The molecule has 0 aromatic heterocycles. The molecule has 0 heterocycles. The zero-order chi connectivity index (χ0) is 16.9. The van der Waals surface area contributed by atoms with E-state index in [0.29, 0.717) is 4.51 Å². The van der Waals surface area contributed by atoms with Crippen molar-refractivity contribution in [3.05, 3.63) is 20.3 Å². The van der Waals surface area contributed by atoms with Crippen LogP contribution in [0.15, 0.2) is 4.79 Å². The quantitative estimate of drug-likeness (QED) is 0.643. The standard InChI is InChI=1S/C18H32N2OS/c1-7-10-20(11-8-2)13-9-12-19(6)15-14(18(3,4)5)16(21)17(15)22/h7-13H2,1-6H3. The maximum absolute atomic E-state index is 12.0. The maximum atomic E-state index is 12.0. The summed E-state index contributed by atoms with van der Waals surface area (Å²) in [6.45, 7) is 15.1. The van der Waals surface area contributed by atoms with E-state index in [2.05, 4.69) is 51.5 Å². The van der Waals surface area contributed by atoms with Gasteiger partial charge >= 0.3 is 0 Å². The molecule has 0 fully saturated rings. The van der Waals surface area contributed by atoms with Gasteiger partial charge in [-0.2, -0.15) is 0 Å². The summed E-state index contributed by atoms with van der Waals surface area (Å²) in [7, 11) is 2.06. The van der Waals surface area contributed by atoms with Crippen LogP contribution < -0.4 is 10.3 Å². The first-order chi connectivity index (χ1) is 10.2. The summed E-state index contributed by atoms with van der Waals surface area (Å²) in [5.74, 6) is 0. The van der Waals surface area contributed by atoms with E-state index in [0.717, 1.165) is 30.8 Å². The van der Waals surface area contributed by atoms with E-state index in [1.165, 1.54) is 25.9 Å². The fourth-order valence-corrected chi connectivity index (χ4v) is 3.41. The van der Waals surface area contributed by atoms with E-state index >= 15 is 0 Å². The Hall–Kier alpha value is -0.740. The Kier molecular flexibility index (Phi) is 7.20. The van der Waals surface area contributed by atoms with Crippen LogP contribution in [-0.2, 0) is 5.41 Å². The Labute approximate surface area is 141 Å². The monoisotopic (exact) mass is 324 g/mol. The summed E-state index contributed by atoms with van der Waals surface area (Å²) in [4.78, 5) is 16.7. The zero-order valence-electron chi connectivity index (χ0n) is 15.2. The van der Waals surface area contributed by atoms with Gasteiger partial charge in [-0.05, 0) is 44.3 Å². The maximum Gasteiger partial charge on any atom is 0.204 e. The van der Waals surface area contributed by atoms with Crippen molar-refractivity contribution in [2.24, 2.45) is 0 Å². The highest BCUT2D eigenvalue weighted by Crippen LogP contribution is 2.32. The lowest BCUT2D eigenvalue weighted by molar-refractivity contribution is 0.272. The highest BCUT2D eigenvalue weighted by atomic mass is 32.1. The molecular weight excluding hydrogens is 292 g/mol. The van der Waals surface area contributed by atoms with Crippen LogP contribution in [0.4, 0.5) is 5.69 Å². The van der Waals surface area contributed by atoms with Crippen LogP contribution in [0.1, 0.15) is 59.4 Å². The normalized spacial score (nSPS) is 12.3. The molecule has 126 valence electrons. The van der Waals surface area contributed by atoms with Crippen molar-refractivity contribution in [1.29, 1.82) is 0 Å². The van der Waals surface area contributed by atoms with Crippen molar-refractivity contribution in [1.82, 2.24) is 4.90 Å². The molecule has 1 aromatic carbocycles. The van der Waals surface area contributed by atoms with Gasteiger partial charge < -0.3 is 9.80 Å². The molecule has 0 aliphatic heterocycles. The molecule has 22 heavy (non-hydrogen) atoms. The van der Waals surface area contributed by atoms with Crippen LogP contribution in [0.2, 0.25) is 0 Å². The zero-order valence-corrected chi connectivity index (χ0v) is 16.0. The molecule has 0 saturated heterocycles. The number of hydrogen-bond donors (Lipinski definition) is 0. The SMILES string of the molecule is CCCN(CCC)CCCN(C)c1c(C(C)(C)C)c(=O)c1=S. The van der Waals surface area contributed by atoms with E-state index in [4.69, 9.17) is 12.2 Å². The number of anilines is 1. The lowest BCUT2D eigenvalue weighted by atomic mass is 9.82. The molecule has 0 radical (unpaired) electrons. The van der Waals surface area contributed by atoms with Crippen LogP contribution in [0.3, 0.4) is 0 Å². The van der Waals surface area contributed by atoms with Crippen LogP contribution >= 0.6 is 12.2 Å². The van der Waals surface area contributed by atoms with Gasteiger partial charge in [0.15, 0.2) is 0 Å². The first-order valence-corrected chi connectivity index (χ1v) is 8.92. The number of rotatable bonds is 9. The third-order valence-electron chi connectivity index (χ3n) is 4.06. The largest absolute Gasteiger partial charge is 0.373 e. The smallest absolute Gasteiger partial charge is 0.204 e. The van der Waals surface area contributed by atoms with E-state index in [-0.39, 0.29) is 10.8 Å².